The second-order valence-electron chi connectivity index (χ2n) is 6.30. The molecule has 20 heavy (non-hydrogen) atoms. The summed E-state index contributed by atoms with van der Waals surface area (Å²) in [5.41, 5.74) is 5.00. The van der Waals surface area contributed by atoms with Gasteiger partial charge in [-0.25, -0.2) is 0 Å². The average molecular weight is 300 g/mol. The van der Waals surface area contributed by atoms with Gasteiger partial charge in [-0.1, -0.05) is 26.0 Å². The summed E-state index contributed by atoms with van der Waals surface area (Å²) in [5.74, 6) is 0.0707. The Bertz CT molecular complexity index is 419. The third kappa shape index (κ3) is 4.83. The Hall–Kier alpha value is -1.01. The molecule has 0 aromatic rings. The molecule has 0 aliphatic carbocycles. The van der Waals surface area contributed by atoms with E-state index in [2.05, 4.69) is 25.2 Å². The smallest absolute Gasteiger partial charge is 0.305 e. The number of carbonyl (C=O) groups is 2. The van der Waals surface area contributed by atoms with Crippen LogP contribution < -0.4 is 11.1 Å². The SMILES string of the molecule is CC(C)(/C=C/C1CSC1(C)C)NC(=O)[C@@H](N)CC(=O)O. The molecular formula is C14H24N2O3S. The highest BCUT2D eigenvalue weighted by Gasteiger charge is 2.37. The van der Waals surface area contributed by atoms with E-state index < -0.39 is 23.5 Å². The van der Waals surface area contributed by atoms with Crippen molar-refractivity contribution in [3.8, 4) is 0 Å². The molecule has 0 aromatic heterocycles. The molecule has 2 atom stereocenters. The Morgan fingerprint density at radius 2 is 2.15 bits per heavy atom. The number of rotatable bonds is 6. The quantitative estimate of drug-likeness (QED) is 0.645. The maximum atomic E-state index is 11.8. The number of hydrogen-bond acceptors (Lipinski definition) is 4. The predicted octanol–water partition coefficient (Wildman–Crippen LogP) is 1.38. The lowest BCUT2D eigenvalue weighted by Crippen LogP contribution is -2.50. The van der Waals surface area contributed by atoms with E-state index >= 15 is 0 Å². The molecule has 0 saturated carbocycles. The molecule has 1 fully saturated rings. The van der Waals surface area contributed by atoms with Crippen LogP contribution in [0.5, 0.6) is 0 Å². The normalized spacial score (nSPS) is 23.1. The lowest BCUT2D eigenvalue weighted by Gasteiger charge is -2.42. The molecule has 0 spiro atoms. The van der Waals surface area contributed by atoms with Gasteiger partial charge in [-0.2, -0.15) is 11.8 Å². The van der Waals surface area contributed by atoms with Gasteiger partial charge in [-0.05, 0) is 13.8 Å². The number of carbonyl (C=O) groups excluding carboxylic acids is 1. The minimum Gasteiger partial charge on any atom is -0.481 e. The van der Waals surface area contributed by atoms with Crippen molar-refractivity contribution >= 4 is 23.6 Å². The van der Waals surface area contributed by atoms with Gasteiger partial charge in [0.1, 0.15) is 0 Å². The van der Waals surface area contributed by atoms with Crippen molar-refractivity contribution in [2.24, 2.45) is 11.7 Å². The summed E-state index contributed by atoms with van der Waals surface area (Å²) in [6, 6.07) is -1.02. The number of nitrogens with one attached hydrogen (secondary N) is 1. The molecule has 5 nitrogen and oxygen atoms in total. The van der Waals surface area contributed by atoms with Crippen LogP contribution in [0.25, 0.3) is 0 Å². The second-order valence-corrected chi connectivity index (χ2v) is 7.97. The van der Waals surface area contributed by atoms with Crippen LogP contribution in [0.3, 0.4) is 0 Å². The summed E-state index contributed by atoms with van der Waals surface area (Å²) in [6.07, 6.45) is 3.72. The fourth-order valence-corrected chi connectivity index (χ4v) is 3.11. The topological polar surface area (TPSA) is 92.4 Å². The van der Waals surface area contributed by atoms with Gasteiger partial charge in [0.05, 0.1) is 18.0 Å². The van der Waals surface area contributed by atoms with Gasteiger partial charge >= 0.3 is 5.97 Å². The summed E-state index contributed by atoms with van der Waals surface area (Å²) in [6.45, 7) is 8.14. The van der Waals surface area contributed by atoms with E-state index in [0.717, 1.165) is 5.75 Å². The summed E-state index contributed by atoms with van der Waals surface area (Å²) >= 11 is 1.92. The first-order valence-corrected chi connectivity index (χ1v) is 7.65. The van der Waals surface area contributed by atoms with Crippen LogP contribution in [0, 0.1) is 5.92 Å². The second kappa shape index (κ2) is 6.18. The first-order chi connectivity index (χ1) is 9.03. The molecule has 4 N–H and O–H groups in total. The van der Waals surface area contributed by atoms with Crippen molar-refractivity contribution in [3.63, 3.8) is 0 Å². The molecule has 1 rings (SSSR count). The molecule has 1 amide bonds. The molecule has 0 aromatic carbocycles. The summed E-state index contributed by atoms with van der Waals surface area (Å²) in [7, 11) is 0. The predicted molar refractivity (Wildman–Crippen MR) is 81.6 cm³/mol. The summed E-state index contributed by atoms with van der Waals surface area (Å²) < 4.78 is 0.246. The van der Waals surface area contributed by atoms with Gasteiger partial charge in [-0.15, -0.1) is 0 Å². The molecule has 1 unspecified atom stereocenters. The lowest BCUT2D eigenvalue weighted by atomic mass is 9.92. The fourth-order valence-electron chi connectivity index (χ4n) is 1.89. The van der Waals surface area contributed by atoms with Crippen LogP contribution in [0.1, 0.15) is 34.1 Å². The number of amides is 1. The van der Waals surface area contributed by atoms with E-state index in [1.54, 1.807) is 0 Å². The van der Waals surface area contributed by atoms with E-state index in [9.17, 15) is 9.59 Å². The van der Waals surface area contributed by atoms with Crippen LogP contribution in [-0.4, -0.2) is 39.1 Å². The maximum Gasteiger partial charge on any atom is 0.305 e. The number of hydrogen-bond donors (Lipinski definition) is 3. The van der Waals surface area contributed by atoms with Crippen LogP contribution in [0.2, 0.25) is 0 Å². The lowest BCUT2D eigenvalue weighted by molar-refractivity contribution is -0.139. The minimum absolute atomic E-state index is 0.246. The fraction of sp³-hybridized carbons (Fsp3) is 0.714. The van der Waals surface area contributed by atoms with Gasteiger partial charge < -0.3 is 16.2 Å². The standard InChI is InChI=1S/C14H24N2O3S/c1-13(2,6-5-9-8-20-14(9,3)4)16-12(19)10(15)7-11(17)18/h5-6,9-10H,7-8,15H2,1-4H3,(H,16,19)(H,17,18)/b6-5+/t9?,10-/m0/s1. The van der Waals surface area contributed by atoms with Crippen molar-refractivity contribution < 1.29 is 14.7 Å². The third-order valence-corrected chi connectivity index (χ3v) is 5.02. The zero-order valence-corrected chi connectivity index (χ0v) is 13.3. The van der Waals surface area contributed by atoms with E-state index in [-0.39, 0.29) is 11.2 Å². The Balaban J connectivity index is 2.54. The zero-order chi connectivity index (χ0) is 15.6. The molecule has 0 bridgehead atoms. The number of aliphatic carboxylic acids is 1. The van der Waals surface area contributed by atoms with Crippen molar-refractivity contribution in [1.29, 1.82) is 0 Å². The minimum atomic E-state index is -1.07. The highest BCUT2D eigenvalue weighted by molar-refractivity contribution is 8.02. The van der Waals surface area contributed by atoms with Crippen LogP contribution in [-0.2, 0) is 9.59 Å². The van der Waals surface area contributed by atoms with E-state index in [4.69, 9.17) is 10.8 Å². The van der Waals surface area contributed by atoms with Gasteiger partial charge in [0.25, 0.3) is 0 Å². The van der Waals surface area contributed by atoms with E-state index in [1.165, 1.54) is 0 Å². The van der Waals surface area contributed by atoms with Gasteiger partial charge in [-0.3, -0.25) is 9.59 Å². The molecule has 1 saturated heterocycles. The molecule has 114 valence electrons. The Morgan fingerprint density at radius 3 is 2.55 bits per heavy atom. The Kier molecular flexibility index (Phi) is 5.27. The number of thioether (sulfide) groups is 1. The zero-order valence-electron chi connectivity index (χ0n) is 12.5. The van der Waals surface area contributed by atoms with Crippen molar-refractivity contribution in [2.45, 2.75) is 50.4 Å². The largest absolute Gasteiger partial charge is 0.481 e. The number of carboxylic acid groups (broad SMARTS) is 1. The Labute approximate surface area is 124 Å². The third-order valence-electron chi connectivity index (χ3n) is 3.45. The van der Waals surface area contributed by atoms with E-state index in [1.807, 2.05) is 31.7 Å². The highest BCUT2D eigenvalue weighted by atomic mass is 32.2. The van der Waals surface area contributed by atoms with Crippen LogP contribution in [0.4, 0.5) is 0 Å². The van der Waals surface area contributed by atoms with Crippen LogP contribution >= 0.6 is 11.8 Å². The van der Waals surface area contributed by atoms with Gasteiger partial charge in [0.2, 0.25) is 5.91 Å². The molecule has 1 aliphatic heterocycles. The first kappa shape index (κ1) is 17.0. The first-order valence-electron chi connectivity index (χ1n) is 6.66. The molecule has 1 heterocycles. The molecular weight excluding hydrogens is 276 g/mol. The van der Waals surface area contributed by atoms with E-state index in [0.29, 0.717) is 5.92 Å². The number of carboxylic acids is 1. The van der Waals surface area contributed by atoms with Crippen molar-refractivity contribution in [2.75, 3.05) is 5.75 Å². The molecule has 0 radical (unpaired) electrons. The van der Waals surface area contributed by atoms with Gasteiger partial charge in [0, 0.05) is 16.4 Å². The number of nitrogens with two attached hydrogens (primary N) is 1. The monoisotopic (exact) mass is 300 g/mol. The summed E-state index contributed by atoms with van der Waals surface area (Å²) in [5, 5.41) is 11.4. The highest BCUT2D eigenvalue weighted by Crippen LogP contribution is 2.46. The van der Waals surface area contributed by atoms with Crippen molar-refractivity contribution in [3.05, 3.63) is 12.2 Å². The maximum absolute atomic E-state index is 11.8. The van der Waals surface area contributed by atoms with Gasteiger partial charge in [0.15, 0.2) is 0 Å². The molecule has 1 aliphatic rings. The van der Waals surface area contributed by atoms with Crippen LogP contribution in [0.15, 0.2) is 12.2 Å². The Morgan fingerprint density at radius 1 is 1.55 bits per heavy atom. The number of allylic oxidation sites excluding steroid dienone is 1. The molecule has 6 heteroatoms. The average Bonchev–Trinajstić information content (AvgIpc) is 2.25. The summed E-state index contributed by atoms with van der Waals surface area (Å²) in [4.78, 5) is 22.3. The van der Waals surface area contributed by atoms with Crippen molar-refractivity contribution in [1.82, 2.24) is 5.32 Å².